The van der Waals surface area contributed by atoms with Gasteiger partial charge >= 0.3 is 0 Å². The topological polar surface area (TPSA) is 82.8 Å². The minimum atomic E-state index is 0.484. The molecule has 19 heavy (non-hydrogen) atoms. The van der Waals surface area contributed by atoms with Crippen LogP contribution in [0.4, 0.5) is 5.82 Å². The van der Waals surface area contributed by atoms with Gasteiger partial charge in [0.05, 0.1) is 24.4 Å². The smallest absolute Gasteiger partial charge is 0.214 e. The molecule has 96 valence electrons. The molecule has 3 aromatic heterocycles. The second-order valence-corrected chi connectivity index (χ2v) is 4.24. The summed E-state index contributed by atoms with van der Waals surface area (Å²) in [6, 6.07) is 3.71. The van der Waals surface area contributed by atoms with Crippen LogP contribution in [0.1, 0.15) is 11.7 Å². The minimum absolute atomic E-state index is 0.484. The van der Waals surface area contributed by atoms with E-state index in [9.17, 15) is 0 Å². The molecule has 6 heteroatoms. The molecular weight excluding hydrogens is 242 g/mol. The molecule has 0 spiro atoms. The molecule has 0 saturated carbocycles. The van der Waals surface area contributed by atoms with Gasteiger partial charge in [0.1, 0.15) is 18.1 Å². The first-order chi connectivity index (χ1) is 9.22. The fraction of sp³-hybridized carbons (Fsp3) is 0.154. The summed E-state index contributed by atoms with van der Waals surface area (Å²) in [4.78, 5) is 12.3. The van der Waals surface area contributed by atoms with Gasteiger partial charge in [-0.1, -0.05) is 0 Å². The number of anilines is 1. The highest BCUT2D eigenvalue weighted by atomic mass is 16.4. The van der Waals surface area contributed by atoms with Gasteiger partial charge in [-0.3, -0.25) is 0 Å². The summed E-state index contributed by atoms with van der Waals surface area (Å²) in [7, 11) is 0. The van der Waals surface area contributed by atoms with Crippen LogP contribution in [0.3, 0.4) is 0 Å². The van der Waals surface area contributed by atoms with Gasteiger partial charge < -0.3 is 14.7 Å². The number of oxazole rings is 1. The summed E-state index contributed by atoms with van der Waals surface area (Å²) >= 11 is 0. The van der Waals surface area contributed by atoms with Crippen molar-refractivity contribution in [3.05, 3.63) is 48.7 Å². The normalized spacial score (nSPS) is 10.8. The minimum Gasteiger partial charge on any atom is -0.444 e. The first-order valence-corrected chi connectivity index (χ1v) is 5.86. The van der Waals surface area contributed by atoms with Gasteiger partial charge in [0.2, 0.25) is 5.89 Å². The van der Waals surface area contributed by atoms with E-state index in [1.54, 1.807) is 24.9 Å². The average molecular weight is 255 g/mol. The zero-order valence-corrected chi connectivity index (χ0v) is 10.4. The summed E-state index contributed by atoms with van der Waals surface area (Å²) in [5.41, 5.74) is 7.61. The summed E-state index contributed by atoms with van der Waals surface area (Å²) in [5.74, 6) is 1.93. The standard InChI is InChI=1S/C13H13N5O/c1-9-5-17-13(19-9)7-18-8-15-6-11(18)10-2-3-16-12(14)4-10/h2-6,8H,7H2,1H3,(H2,14,16). The Labute approximate surface area is 109 Å². The summed E-state index contributed by atoms with van der Waals surface area (Å²) in [6.45, 7) is 2.40. The van der Waals surface area contributed by atoms with Crippen molar-refractivity contribution in [3.8, 4) is 11.3 Å². The van der Waals surface area contributed by atoms with Gasteiger partial charge in [0, 0.05) is 11.8 Å². The van der Waals surface area contributed by atoms with Crippen molar-refractivity contribution >= 4 is 5.82 Å². The molecule has 0 aliphatic carbocycles. The Morgan fingerprint density at radius 1 is 1.32 bits per heavy atom. The molecular formula is C13H13N5O. The molecule has 3 heterocycles. The Morgan fingerprint density at radius 2 is 2.21 bits per heavy atom. The molecule has 3 rings (SSSR count). The second kappa shape index (κ2) is 4.56. The number of nitrogens with zero attached hydrogens (tertiary/aromatic N) is 4. The predicted octanol–water partition coefficient (Wildman–Crippen LogP) is 1.87. The van der Waals surface area contributed by atoms with Crippen LogP contribution < -0.4 is 5.73 Å². The highest BCUT2D eigenvalue weighted by Crippen LogP contribution is 2.20. The van der Waals surface area contributed by atoms with E-state index in [0.717, 1.165) is 17.0 Å². The fourth-order valence-corrected chi connectivity index (χ4v) is 1.92. The lowest BCUT2D eigenvalue weighted by molar-refractivity contribution is 0.458. The molecule has 0 atom stereocenters. The number of nitrogen functional groups attached to an aromatic ring is 1. The van der Waals surface area contributed by atoms with Crippen molar-refractivity contribution in [1.29, 1.82) is 0 Å². The maximum Gasteiger partial charge on any atom is 0.214 e. The van der Waals surface area contributed by atoms with Gasteiger partial charge in [-0.15, -0.1) is 0 Å². The zero-order chi connectivity index (χ0) is 13.2. The molecule has 0 aliphatic heterocycles. The Balaban J connectivity index is 1.94. The molecule has 0 radical (unpaired) electrons. The van der Waals surface area contributed by atoms with Crippen molar-refractivity contribution in [2.75, 3.05) is 5.73 Å². The third kappa shape index (κ3) is 2.33. The largest absolute Gasteiger partial charge is 0.444 e. The molecule has 6 nitrogen and oxygen atoms in total. The summed E-state index contributed by atoms with van der Waals surface area (Å²) < 4.78 is 7.43. The van der Waals surface area contributed by atoms with Gasteiger partial charge in [0.25, 0.3) is 0 Å². The first kappa shape index (κ1) is 11.5. The lowest BCUT2D eigenvalue weighted by atomic mass is 10.2. The molecule has 0 unspecified atom stereocenters. The van der Waals surface area contributed by atoms with Crippen LogP contribution in [0.2, 0.25) is 0 Å². The number of hydrogen-bond donors (Lipinski definition) is 1. The van der Waals surface area contributed by atoms with Crippen LogP contribution in [0.15, 0.2) is 41.5 Å². The number of imidazole rings is 1. The molecule has 3 aromatic rings. The van der Waals surface area contributed by atoms with Gasteiger partial charge in [0.15, 0.2) is 0 Å². The number of nitrogens with two attached hydrogens (primary N) is 1. The monoisotopic (exact) mass is 255 g/mol. The van der Waals surface area contributed by atoms with E-state index in [0.29, 0.717) is 18.3 Å². The Hall–Kier alpha value is -2.63. The molecule has 0 amide bonds. The number of rotatable bonds is 3. The number of aromatic nitrogens is 4. The SMILES string of the molecule is Cc1cnc(Cn2cncc2-c2ccnc(N)c2)o1. The number of aryl methyl sites for hydroxylation is 1. The van der Waals surface area contributed by atoms with Crippen molar-refractivity contribution in [3.63, 3.8) is 0 Å². The average Bonchev–Trinajstić information content (AvgIpc) is 2.99. The molecule has 0 bridgehead atoms. The number of hydrogen-bond acceptors (Lipinski definition) is 5. The summed E-state index contributed by atoms with van der Waals surface area (Å²) in [6.07, 6.45) is 6.91. The van der Waals surface area contributed by atoms with Crippen molar-refractivity contribution < 1.29 is 4.42 Å². The van der Waals surface area contributed by atoms with E-state index in [1.165, 1.54) is 0 Å². The maximum atomic E-state index is 5.70. The van der Waals surface area contributed by atoms with Crippen LogP contribution in [0.25, 0.3) is 11.3 Å². The zero-order valence-electron chi connectivity index (χ0n) is 10.4. The van der Waals surface area contributed by atoms with Crippen LogP contribution in [-0.2, 0) is 6.54 Å². The van der Waals surface area contributed by atoms with Crippen LogP contribution in [0.5, 0.6) is 0 Å². The lowest BCUT2D eigenvalue weighted by Crippen LogP contribution is -2.01. The molecule has 0 saturated heterocycles. The van der Waals surface area contributed by atoms with E-state index in [1.807, 2.05) is 23.6 Å². The van der Waals surface area contributed by atoms with E-state index >= 15 is 0 Å². The third-order valence-electron chi connectivity index (χ3n) is 2.76. The van der Waals surface area contributed by atoms with E-state index < -0.39 is 0 Å². The van der Waals surface area contributed by atoms with Crippen molar-refractivity contribution in [2.45, 2.75) is 13.5 Å². The first-order valence-electron chi connectivity index (χ1n) is 5.86. The van der Waals surface area contributed by atoms with Crippen LogP contribution in [-0.4, -0.2) is 19.5 Å². The van der Waals surface area contributed by atoms with Crippen molar-refractivity contribution in [1.82, 2.24) is 19.5 Å². The van der Waals surface area contributed by atoms with Crippen molar-refractivity contribution in [2.24, 2.45) is 0 Å². The van der Waals surface area contributed by atoms with E-state index in [4.69, 9.17) is 10.2 Å². The third-order valence-corrected chi connectivity index (χ3v) is 2.76. The molecule has 2 N–H and O–H groups in total. The highest BCUT2D eigenvalue weighted by Gasteiger charge is 2.08. The maximum absolute atomic E-state index is 5.70. The fourth-order valence-electron chi connectivity index (χ4n) is 1.92. The quantitative estimate of drug-likeness (QED) is 0.772. The van der Waals surface area contributed by atoms with Crippen LogP contribution in [0, 0.1) is 6.92 Å². The van der Waals surface area contributed by atoms with E-state index in [2.05, 4.69) is 15.0 Å². The van der Waals surface area contributed by atoms with Gasteiger partial charge in [-0.25, -0.2) is 15.0 Å². The second-order valence-electron chi connectivity index (χ2n) is 4.24. The molecule has 0 fully saturated rings. The lowest BCUT2D eigenvalue weighted by Gasteiger charge is -2.06. The Bertz CT molecular complexity index is 700. The van der Waals surface area contributed by atoms with Gasteiger partial charge in [-0.2, -0.15) is 0 Å². The predicted molar refractivity (Wildman–Crippen MR) is 70.2 cm³/mol. The number of pyridine rings is 1. The Kier molecular flexibility index (Phi) is 2.75. The van der Waals surface area contributed by atoms with Crippen LogP contribution >= 0.6 is 0 Å². The molecule has 0 aromatic carbocycles. The molecule has 0 aliphatic rings. The summed E-state index contributed by atoms with van der Waals surface area (Å²) in [5, 5.41) is 0. The Morgan fingerprint density at radius 3 is 2.95 bits per heavy atom. The van der Waals surface area contributed by atoms with Gasteiger partial charge in [-0.05, 0) is 19.1 Å². The highest BCUT2D eigenvalue weighted by molar-refractivity contribution is 5.61. The van der Waals surface area contributed by atoms with E-state index in [-0.39, 0.29) is 0 Å².